The van der Waals surface area contributed by atoms with Gasteiger partial charge in [-0.2, -0.15) is 0 Å². The molecule has 0 atom stereocenters. The lowest BCUT2D eigenvalue weighted by molar-refractivity contribution is 0.396. The number of para-hydroxylation sites is 6. The first-order chi connectivity index (χ1) is 69.8. The van der Waals surface area contributed by atoms with Crippen molar-refractivity contribution in [2.45, 2.75) is 0 Å². The van der Waals surface area contributed by atoms with Gasteiger partial charge in [-0.15, -0.1) is 45.3 Å². The average Bonchev–Trinajstić information content (AvgIpc) is 1.65. The van der Waals surface area contributed by atoms with Crippen molar-refractivity contribution in [3.8, 4) is 115 Å². The van der Waals surface area contributed by atoms with Crippen molar-refractivity contribution in [3.63, 3.8) is 0 Å². The molecule has 26 aromatic rings. The number of hydrogen-bond donors (Lipinski definition) is 0. The van der Waals surface area contributed by atoms with Crippen LogP contribution in [0.25, 0.3) is 125 Å². The van der Waals surface area contributed by atoms with Gasteiger partial charge in [0, 0.05) is 130 Å². The maximum Gasteiger partial charge on any atom is 0.261 e. The minimum absolute atomic E-state index is 0.0496. The zero-order chi connectivity index (χ0) is 91.4. The topological polar surface area (TPSA) is 119 Å². The van der Waals surface area contributed by atoms with Crippen molar-refractivity contribution in [1.29, 1.82) is 0 Å². The number of benzene rings is 20. The molecule has 0 N–H and O–H groups in total. The van der Waals surface area contributed by atoms with E-state index in [1.807, 2.05) is 161 Å². The molecule has 10 aliphatic heterocycles. The van der Waals surface area contributed by atoms with Gasteiger partial charge in [0.25, 0.3) is 33.6 Å². The van der Waals surface area contributed by atoms with Crippen LogP contribution in [0.15, 0.2) is 379 Å². The fourth-order valence-corrected chi connectivity index (χ4v) is 28.4. The van der Waals surface area contributed by atoms with Crippen LogP contribution in [0.5, 0.6) is 115 Å². The molecule has 6 aromatic heterocycles. The first-order valence-electron chi connectivity index (χ1n) is 47.3. The van der Waals surface area contributed by atoms with Gasteiger partial charge in [-0.05, 0) is 212 Å². The van der Waals surface area contributed by atoms with Crippen molar-refractivity contribution in [2.24, 2.45) is 0 Å². The van der Waals surface area contributed by atoms with Crippen LogP contribution < -0.4 is 129 Å². The van der Waals surface area contributed by atoms with Gasteiger partial charge in [-0.25, -0.2) is 0 Å². The summed E-state index contributed by atoms with van der Waals surface area (Å²) in [5, 5.41) is 14.6. The Balaban J connectivity index is 0.0000000832. The number of ether oxygens (including phenoxy) is 10. The van der Waals surface area contributed by atoms with Crippen LogP contribution in [0, 0.1) is 0 Å². The maximum atomic E-state index is 6.65. The third kappa shape index (κ3) is 11.1. The van der Waals surface area contributed by atoms with E-state index in [0.717, 1.165) is 196 Å². The molecule has 0 saturated heterocycles. The quantitative estimate of drug-likeness (QED) is 0.135. The zero-order valence-electron chi connectivity index (χ0n) is 74.1. The summed E-state index contributed by atoms with van der Waals surface area (Å²) in [6, 6.07) is 129. The highest BCUT2D eigenvalue weighted by molar-refractivity contribution is 7.27. The van der Waals surface area contributed by atoms with Crippen LogP contribution in [0.3, 0.4) is 0 Å². The molecule has 12 nitrogen and oxygen atoms in total. The van der Waals surface area contributed by atoms with E-state index < -0.39 is 0 Å². The van der Waals surface area contributed by atoms with Gasteiger partial charge in [-0.3, -0.25) is 0 Å². The molecule has 0 spiro atoms. The highest BCUT2D eigenvalue weighted by Gasteiger charge is 2.52. The Bertz CT molecular complexity index is 9200. The molecule has 0 bridgehead atoms. The SMILES string of the molecule is c1cc2c3c(c1)Oc1cc4c(cc1B3c1cc3oc5ccccc5c3cc1O2)oc1ccccc14.c1cc2c3c(c1)Oc1cc4c(cc1B3c1cc3sc5ccccc5c3cc1O2)sc1ccccc14.c1cc2c3c(c1)Oc1cc4sc5ccccc5c4cc1B3c1cc3c(cc1O2)sc1ccccc13.c1ccc2c(c1)Oc1c3c4c(c5c1B2c1ccccc1O5)Oc1ccccc1B4c1ccccc1O3. The molecule has 0 radical (unpaired) electrons. The predicted molar refractivity (Wildman–Crippen MR) is 580 cm³/mol. The van der Waals surface area contributed by atoms with Crippen LogP contribution in [-0.2, 0) is 0 Å². The van der Waals surface area contributed by atoms with E-state index >= 15 is 0 Å². The molecular weight excluding hydrogens is 1820 g/mol. The van der Waals surface area contributed by atoms with Crippen molar-refractivity contribution in [2.75, 3.05) is 0 Å². The van der Waals surface area contributed by atoms with E-state index in [2.05, 4.69) is 255 Å². The van der Waals surface area contributed by atoms with Crippen molar-refractivity contribution < 1.29 is 56.2 Å². The average molecular weight is 1880 g/mol. The van der Waals surface area contributed by atoms with Crippen LogP contribution >= 0.6 is 45.3 Å². The Labute approximate surface area is 820 Å². The number of fused-ring (bicyclic) bond motifs is 40. The molecule has 16 heterocycles. The second kappa shape index (κ2) is 28.9. The lowest BCUT2D eigenvalue weighted by Gasteiger charge is -2.40. The molecule has 0 amide bonds. The molecule has 0 aliphatic carbocycles. The minimum Gasteiger partial charge on any atom is -0.458 e. The second-order valence-corrected chi connectivity index (χ2v) is 41.7. The molecule has 0 unspecified atom stereocenters. The standard InChI is InChI=1S/C30H16B2O4.C30H15BO4.2C30H15BO2S2/c1-5-13-21-17(9-1)31-18-10-2-6-14-22(18)34-28-25(31)27(33-21)29-26-30(28)36-24-16-8-4-12-20(24)32(26)19-11-3-7-15-23(19)35-29;1-3-8-22-16(6-1)18-12-28-20(14-26(18)32-22)31-21-15-27-19(17-7-2-4-9-23(17)33-27)13-29(21)35-25-11-5-10-24(34-28)30(25)31;1-3-10-26-16(6-1)18-12-24-20(14-28(18)34-26)31-21-15-29-19(17-7-2-4-11-27(17)35-29)13-25(21)33-23-9-5-8-22(32-24)30(23)31;1-3-10-26-16(6-1)18-12-20-24(14-28(18)34-26)32-22-8-5-9-23-30(22)31(20)21-13-19-17-7-2-4-11-27(17)35-29(19)15-25(21)33-23/h1-16H;3*1-15H. The fourth-order valence-electron chi connectivity index (χ4n) is 23.9. The smallest absolute Gasteiger partial charge is 0.261 e. The van der Waals surface area contributed by atoms with Crippen LogP contribution in [0.2, 0.25) is 0 Å². The lowest BCUT2D eigenvalue weighted by atomic mass is 9.32. The third-order valence-electron chi connectivity index (χ3n) is 29.9. The summed E-state index contributed by atoms with van der Waals surface area (Å²) in [6.07, 6.45) is 0. The fraction of sp³-hybridized carbons (Fsp3) is 0. The predicted octanol–water partition coefficient (Wildman–Crippen LogP) is 23.7. The van der Waals surface area contributed by atoms with Gasteiger partial charge in [0.05, 0.1) is 0 Å². The lowest BCUT2D eigenvalue weighted by Crippen LogP contribution is -2.61. The van der Waals surface area contributed by atoms with Crippen LogP contribution in [0.1, 0.15) is 0 Å². The summed E-state index contributed by atoms with van der Waals surface area (Å²) >= 11 is 7.36. The van der Waals surface area contributed by atoms with E-state index in [-0.39, 0.29) is 33.6 Å². The summed E-state index contributed by atoms with van der Waals surface area (Å²) in [5.74, 6) is 16.9. The van der Waals surface area contributed by atoms with E-state index in [1.165, 1.54) is 103 Å². The highest BCUT2D eigenvalue weighted by atomic mass is 32.1. The normalized spacial score (nSPS) is 13.7. The summed E-state index contributed by atoms with van der Waals surface area (Å²) < 4.78 is 88.4. The molecule has 20 aromatic carbocycles. The molecule has 10 aliphatic rings. The van der Waals surface area contributed by atoms with Gasteiger partial charge < -0.3 is 56.2 Å². The highest BCUT2D eigenvalue weighted by Crippen LogP contribution is 2.53. The van der Waals surface area contributed by atoms with E-state index in [4.69, 9.17) is 56.2 Å². The first kappa shape index (κ1) is 77.3. The van der Waals surface area contributed by atoms with Crippen molar-refractivity contribution >= 4 is 285 Å². The van der Waals surface area contributed by atoms with Gasteiger partial charge in [0.2, 0.25) is 0 Å². The Kier molecular flexibility index (Phi) is 15.9. The Morgan fingerprint density at radius 1 is 0.135 bits per heavy atom. The Morgan fingerprint density at radius 2 is 0.369 bits per heavy atom. The van der Waals surface area contributed by atoms with E-state index in [1.54, 1.807) is 0 Å². The summed E-state index contributed by atoms with van der Waals surface area (Å²) in [4.78, 5) is 0. The molecule has 36 rings (SSSR count). The molecule has 21 heteroatoms. The first-order valence-corrected chi connectivity index (χ1v) is 50.6. The summed E-state index contributed by atoms with van der Waals surface area (Å²) in [6.45, 7) is -0.000412. The molecule has 0 fully saturated rings. The van der Waals surface area contributed by atoms with Gasteiger partial charge in [-0.1, -0.05) is 212 Å². The molecule has 0 saturated carbocycles. The third-order valence-corrected chi connectivity index (χ3v) is 34.5. The van der Waals surface area contributed by atoms with Crippen molar-refractivity contribution in [3.05, 3.63) is 370 Å². The molecule has 652 valence electrons. The zero-order valence-corrected chi connectivity index (χ0v) is 77.4. The number of furan rings is 2. The maximum absolute atomic E-state index is 6.65. The molecule has 141 heavy (non-hydrogen) atoms. The van der Waals surface area contributed by atoms with Gasteiger partial charge in [0.15, 0.2) is 23.0 Å². The van der Waals surface area contributed by atoms with Gasteiger partial charge >= 0.3 is 0 Å². The minimum atomic E-state index is -0.0519. The second-order valence-electron chi connectivity index (χ2n) is 37.4. The number of rotatable bonds is 0. The van der Waals surface area contributed by atoms with E-state index in [9.17, 15) is 0 Å². The summed E-state index contributed by atoms with van der Waals surface area (Å²) in [7, 11) is 0. The van der Waals surface area contributed by atoms with Crippen LogP contribution in [0.4, 0.5) is 0 Å². The van der Waals surface area contributed by atoms with Crippen molar-refractivity contribution in [1.82, 2.24) is 0 Å². The Morgan fingerprint density at radius 3 is 0.695 bits per heavy atom. The van der Waals surface area contributed by atoms with E-state index in [0.29, 0.717) is 23.0 Å². The summed E-state index contributed by atoms with van der Waals surface area (Å²) in [5.41, 5.74) is 20.1. The monoisotopic (exact) mass is 1880 g/mol. The van der Waals surface area contributed by atoms with Gasteiger partial charge in [0.1, 0.15) is 114 Å². The van der Waals surface area contributed by atoms with Crippen LogP contribution in [-0.4, -0.2) is 33.6 Å². The largest absolute Gasteiger partial charge is 0.458 e. The number of thiophene rings is 4. The number of hydrogen-bond acceptors (Lipinski definition) is 16. The Hall–Kier alpha value is -16.8. The molecular formula is C120H61B5O12S4.